The summed E-state index contributed by atoms with van der Waals surface area (Å²) in [7, 11) is 0. The predicted molar refractivity (Wildman–Crippen MR) is 115 cm³/mol. The van der Waals surface area contributed by atoms with Crippen LogP contribution in [0.1, 0.15) is 18.1 Å². The van der Waals surface area contributed by atoms with Gasteiger partial charge in [-0.25, -0.2) is 18.1 Å². The first-order chi connectivity index (χ1) is 15.4. The molecule has 0 saturated heterocycles. The summed E-state index contributed by atoms with van der Waals surface area (Å²) in [5, 5.41) is 0. The number of amides is 2. The van der Waals surface area contributed by atoms with Gasteiger partial charge in [-0.15, -0.1) is 0 Å². The van der Waals surface area contributed by atoms with Gasteiger partial charge >= 0.3 is 0 Å². The molecule has 0 saturated carbocycles. The van der Waals surface area contributed by atoms with Gasteiger partial charge in [-0.3, -0.25) is 9.59 Å². The number of imide groups is 1. The van der Waals surface area contributed by atoms with E-state index < -0.39 is 29.3 Å². The minimum Gasteiger partial charge on any atom is -0.362 e. The molecular formula is C25H19F3N2O2. The fraction of sp³-hybridized carbons (Fsp3) is 0.120. The van der Waals surface area contributed by atoms with Crippen molar-refractivity contribution in [3.8, 4) is 0 Å². The van der Waals surface area contributed by atoms with Crippen molar-refractivity contribution in [1.82, 2.24) is 4.90 Å². The van der Waals surface area contributed by atoms with Gasteiger partial charge in [0.2, 0.25) is 0 Å². The van der Waals surface area contributed by atoms with E-state index in [9.17, 15) is 22.8 Å². The van der Waals surface area contributed by atoms with Crippen molar-refractivity contribution < 1.29 is 22.8 Å². The number of rotatable bonds is 6. The molecule has 1 aliphatic rings. The van der Waals surface area contributed by atoms with Crippen molar-refractivity contribution in [3.05, 3.63) is 107 Å². The number of anilines is 1. The zero-order valence-electron chi connectivity index (χ0n) is 17.2. The molecule has 1 heterocycles. The second-order valence-electron chi connectivity index (χ2n) is 7.27. The molecule has 32 heavy (non-hydrogen) atoms. The van der Waals surface area contributed by atoms with Crippen molar-refractivity contribution in [2.45, 2.75) is 13.5 Å². The number of benzene rings is 3. The minimum absolute atomic E-state index is 0.0384. The van der Waals surface area contributed by atoms with Crippen molar-refractivity contribution >= 4 is 23.1 Å². The summed E-state index contributed by atoms with van der Waals surface area (Å²) >= 11 is 0. The number of carbonyl (C=O) groups excluding carboxylic acids is 2. The quantitative estimate of drug-likeness (QED) is 0.516. The van der Waals surface area contributed by atoms with Gasteiger partial charge in [0.05, 0.1) is 11.3 Å². The van der Waals surface area contributed by atoms with Crippen LogP contribution in [0.2, 0.25) is 0 Å². The second-order valence-corrected chi connectivity index (χ2v) is 7.27. The third-order valence-corrected chi connectivity index (χ3v) is 5.26. The van der Waals surface area contributed by atoms with Gasteiger partial charge in [0.25, 0.3) is 11.8 Å². The first-order valence-corrected chi connectivity index (χ1v) is 10.0. The molecule has 0 aromatic heterocycles. The van der Waals surface area contributed by atoms with E-state index in [-0.39, 0.29) is 17.0 Å². The van der Waals surface area contributed by atoms with Gasteiger partial charge in [0, 0.05) is 19.2 Å². The summed E-state index contributed by atoms with van der Waals surface area (Å²) in [6.07, 6.45) is 0. The Morgan fingerprint density at radius 3 is 2.09 bits per heavy atom. The molecule has 1 aliphatic heterocycles. The molecule has 2 amide bonds. The molecule has 4 nitrogen and oxygen atoms in total. The first-order valence-electron chi connectivity index (χ1n) is 10.0. The van der Waals surface area contributed by atoms with Gasteiger partial charge in [0.1, 0.15) is 23.1 Å². The molecule has 4 rings (SSSR count). The van der Waals surface area contributed by atoms with Gasteiger partial charge in [-0.05, 0) is 42.3 Å². The van der Waals surface area contributed by atoms with Crippen LogP contribution in [0.3, 0.4) is 0 Å². The van der Waals surface area contributed by atoms with Crippen molar-refractivity contribution in [2.75, 3.05) is 11.4 Å². The third-order valence-electron chi connectivity index (χ3n) is 5.26. The molecule has 162 valence electrons. The van der Waals surface area contributed by atoms with E-state index in [0.29, 0.717) is 29.6 Å². The minimum atomic E-state index is -1.03. The Morgan fingerprint density at radius 2 is 1.47 bits per heavy atom. The van der Waals surface area contributed by atoms with Gasteiger partial charge < -0.3 is 4.90 Å². The predicted octanol–water partition coefficient (Wildman–Crippen LogP) is 4.91. The van der Waals surface area contributed by atoms with Gasteiger partial charge in [0.15, 0.2) is 0 Å². The highest BCUT2D eigenvalue weighted by Crippen LogP contribution is 2.36. The Balaban J connectivity index is 1.85. The summed E-state index contributed by atoms with van der Waals surface area (Å²) in [6.45, 7) is 2.54. The first kappa shape index (κ1) is 21.4. The van der Waals surface area contributed by atoms with E-state index in [4.69, 9.17) is 0 Å². The van der Waals surface area contributed by atoms with E-state index in [1.807, 2.05) is 37.3 Å². The number of hydrogen-bond donors (Lipinski definition) is 0. The third kappa shape index (κ3) is 3.89. The summed E-state index contributed by atoms with van der Waals surface area (Å²) in [5.74, 6) is -3.83. The average molecular weight is 436 g/mol. The summed E-state index contributed by atoms with van der Waals surface area (Å²) in [6, 6.07) is 17.2. The molecule has 7 heteroatoms. The molecule has 0 radical (unpaired) electrons. The van der Waals surface area contributed by atoms with Crippen LogP contribution in [-0.4, -0.2) is 23.3 Å². The van der Waals surface area contributed by atoms with Crippen LogP contribution in [0.25, 0.3) is 5.57 Å². The van der Waals surface area contributed by atoms with E-state index in [2.05, 4.69) is 0 Å². The Kier molecular flexibility index (Phi) is 5.81. The highest BCUT2D eigenvalue weighted by atomic mass is 19.1. The van der Waals surface area contributed by atoms with Crippen molar-refractivity contribution in [2.24, 2.45) is 0 Å². The average Bonchev–Trinajstić information content (AvgIpc) is 3.04. The lowest BCUT2D eigenvalue weighted by Gasteiger charge is -2.25. The van der Waals surface area contributed by atoms with Gasteiger partial charge in [-0.2, -0.15) is 0 Å². The number of likely N-dealkylation sites (N-methyl/N-ethyl adjacent to an activating group) is 1. The summed E-state index contributed by atoms with van der Waals surface area (Å²) in [5.41, 5.74) is 1.02. The van der Waals surface area contributed by atoms with Crippen molar-refractivity contribution in [1.29, 1.82) is 0 Å². The monoisotopic (exact) mass is 436 g/mol. The smallest absolute Gasteiger partial charge is 0.282 e. The molecule has 0 bridgehead atoms. The molecule has 0 aliphatic carbocycles. The summed E-state index contributed by atoms with van der Waals surface area (Å²) in [4.78, 5) is 29.3. The van der Waals surface area contributed by atoms with Crippen LogP contribution in [0, 0.1) is 17.5 Å². The molecule has 0 unspecified atom stereocenters. The van der Waals surface area contributed by atoms with E-state index in [1.54, 1.807) is 4.90 Å². The molecule has 0 fully saturated rings. The number of nitrogens with zero attached hydrogens (tertiary/aromatic N) is 2. The second kappa shape index (κ2) is 8.70. The fourth-order valence-electron chi connectivity index (χ4n) is 3.72. The summed E-state index contributed by atoms with van der Waals surface area (Å²) < 4.78 is 41.5. The highest BCUT2D eigenvalue weighted by Gasteiger charge is 2.43. The van der Waals surface area contributed by atoms with Crippen molar-refractivity contribution in [3.63, 3.8) is 0 Å². The van der Waals surface area contributed by atoms with Crippen LogP contribution in [0.4, 0.5) is 18.9 Å². The number of hydrogen-bond acceptors (Lipinski definition) is 3. The topological polar surface area (TPSA) is 40.6 Å². The van der Waals surface area contributed by atoms with Crippen LogP contribution < -0.4 is 4.90 Å². The lowest BCUT2D eigenvalue weighted by Crippen LogP contribution is -2.35. The van der Waals surface area contributed by atoms with E-state index in [1.165, 1.54) is 24.3 Å². The number of carbonyl (C=O) groups is 2. The van der Waals surface area contributed by atoms with Crippen LogP contribution in [-0.2, 0) is 16.1 Å². The normalized spacial score (nSPS) is 13.8. The SMILES string of the molecule is CCN(Cc1ccccc1)C1=C(c2ccc(F)cc2)C(=O)N(c2ccc(F)cc2F)C1=O. The highest BCUT2D eigenvalue weighted by molar-refractivity contribution is 6.45. The molecule has 3 aromatic carbocycles. The molecule has 0 atom stereocenters. The lowest BCUT2D eigenvalue weighted by atomic mass is 10.0. The molecular weight excluding hydrogens is 417 g/mol. The van der Waals surface area contributed by atoms with Crippen LogP contribution >= 0.6 is 0 Å². The van der Waals surface area contributed by atoms with Crippen LogP contribution in [0.5, 0.6) is 0 Å². The molecule has 0 N–H and O–H groups in total. The molecule has 0 spiro atoms. The fourth-order valence-corrected chi connectivity index (χ4v) is 3.72. The Morgan fingerprint density at radius 1 is 0.812 bits per heavy atom. The van der Waals surface area contributed by atoms with Crippen LogP contribution in [0.15, 0.2) is 78.5 Å². The Bertz CT molecular complexity index is 1210. The number of halogens is 3. The molecule has 3 aromatic rings. The van der Waals surface area contributed by atoms with E-state index in [0.717, 1.165) is 17.7 Å². The maximum absolute atomic E-state index is 14.5. The van der Waals surface area contributed by atoms with Gasteiger partial charge in [-0.1, -0.05) is 42.5 Å². The lowest BCUT2D eigenvalue weighted by molar-refractivity contribution is -0.120. The maximum Gasteiger partial charge on any atom is 0.282 e. The Labute approximate surface area is 183 Å². The maximum atomic E-state index is 14.5. The Hall–Kier alpha value is -3.87. The standard InChI is InChI=1S/C25H19F3N2O2/c1-2-29(15-16-6-4-3-5-7-16)23-22(17-8-10-18(26)11-9-17)24(31)30(25(23)32)21-13-12-19(27)14-20(21)28/h3-14H,2,15H2,1H3. The zero-order chi connectivity index (χ0) is 22.8. The van der Waals surface area contributed by atoms with E-state index >= 15 is 0 Å². The largest absolute Gasteiger partial charge is 0.362 e. The zero-order valence-corrected chi connectivity index (χ0v) is 17.2.